The Morgan fingerprint density at radius 2 is 2.21 bits per heavy atom. The highest BCUT2D eigenvalue weighted by molar-refractivity contribution is 5.86. The van der Waals surface area contributed by atoms with Gasteiger partial charge in [0.1, 0.15) is 19.2 Å². The van der Waals surface area contributed by atoms with Gasteiger partial charge in [-0.3, -0.25) is 9.59 Å². The average Bonchev–Trinajstić information content (AvgIpc) is 3.09. The minimum Gasteiger partial charge on any atom is -0.463 e. The Hall–Kier alpha value is -1.76. The minimum absolute atomic E-state index is 0.0722. The van der Waals surface area contributed by atoms with E-state index in [1.165, 1.54) is 0 Å². The van der Waals surface area contributed by atoms with Gasteiger partial charge < -0.3 is 25.2 Å². The topological polar surface area (TPSA) is 73.9 Å². The van der Waals surface area contributed by atoms with Crippen molar-refractivity contribution in [3.05, 3.63) is 12.4 Å². The molecule has 1 amide bonds. The zero-order valence-corrected chi connectivity index (χ0v) is 14.6. The number of esters is 1. The van der Waals surface area contributed by atoms with Crippen LogP contribution in [0.25, 0.3) is 0 Å². The lowest BCUT2D eigenvalue weighted by atomic mass is 10.00. The molecule has 0 radical (unpaired) electrons. The molecule has 0 aromatic rings. The van der Waals surface area contributed by atoms with E-state index < -0.39 is 0 Å². The van der Waals surface area contributed by atoms with Crippen molar-refractivity contribution < 1.29 is 14.3 Å². The molecular formula is C17H28N4O3. The third kappa shape index (κ3) is 3.50. The first-order chi connectivity index (χ1) is 11.5. The molecule has 2 bridgehead atoms. The number of rotatable bonds is 5. The number of piperidine rings is 1. The summed E-state index contributed by atoms with van der Waals surface area (Å²) in [7, 11) is 2.02. The van der Waals surface area contributed by atoms with Gasteiger partial charge in [0.25, 0.3) is 0 Å². The van der Waals surface area contributed by atoms with Gasteiger partial charge in [0.15, 0.2) is 0 Å². The van der Waals surface area contributed by atoms with E-state index >= 15 is 0 Å². The van der Waals surface area contributed by atoms with Gasteiger partial charge >= 0.3 is 5.97 Å². The molecule has 0 saturated carbocycles. The first-order valence-electron chi connectivity index (χ1n) is 8.80. The highest BCUT2D eigenvalue weighted by atomic mass is 16.5. The van der Waals surface area contributed by atoms with Gasteiger partial charge in [-0.15, -0.1) is 0 Å². The standard InChI is InChI=1S/C17H28N4O3/c1-11-6-13(18-7-11)10-24-16(22)8-19-17(23)15-5-4-14-9-21(15)12(2)20(14)3/h11,13-15,18H,2,4-10H2,1,3H3,(H,19,23)/t11-,13+,14-,15+/m1/s1. The fraction of sp³-hybridized carbons (Fsp3) is 0.765. The molecule has 134 valence electrons. The highest BCUT2D eigenvalue weighted by Gasteiger charge is 2.41. The van der Waals surface area contributed by atoms with Crippen molar-refractivity contribution in [2.24, 2.45) is 5.92 Å². The lowest BCUT2D eigenvalue weighted by Gasteiger charge is -2.31. The lowest BCUT2D eigenvalue weighted by molar-refractivity contribution is -0.145. The van der Waals surface area contributed by atoms with Crippen LogP contribution in [-0.4, -0.2) is 73.1 Å². The number of ether oxygens (including phenoxy) is 1. The van der Waals surface area contributed by atoms with Crippen LogP contribution >= 0.6 is 0 Å². The van der Waals surface area contributed by atoms with E-state index in [1.54, 1.807) is 0 Å². The molecule has 7 nitrogen and oxygen atoms in total. The molecule has 2 N–H and O–H groups in total. The number of hydrogen-bond acceptors (Lipinski definition) is 6. The summed E-state index contributed by atoms with van der Waals surface area (Å²) in [6, 6.07) is 0.454. The Kier molecular flexibility index (Phi) is 4.99. The summed E-state index contributed by atoms with van der Waals surface area (Å²) in [5.41, 5.74) is 0. The van der Waals surface area contributed by atoms with Crippen LogP contribution < -0.4 is 10.6 Å². The van der Waals surface area contributed by atoms with Gasteiger partial charge in [-0.1, -0.05) is 13.5 Å². The Morgan fingerprint density at radius 3 is 2.92 bits per heavy atom. The number of amides is 1. The number of hydrogen-bond donors (Lipinski definition) is 2. The first-order valence-corrected chi connectivity index (χ1v) is 8.80. The SMILES string of the molecule is C=C1N(C)[C@@H]2CC[C@@H](C(=O)NCC(=O)OC[C@@H]3C[C@@H](C)CN3)N1C2. The molecule has 24 heavy (non-hydrogen) atoms. The second-order valence-corrected chi connectivity index (χ2v) is 7.27. The molecule has 7 heteroatoms. The zero-order valence-electron chi connectivity index (χ0n) is 14.6. The molecule has 0 aromatic carbocycles. The number of carbonyl (C=O) groups is 2. The molecule has 4 atom stereocenters. The van der Waals surface area contributed by atoms with Gasteiger partial charge in [0.05, 0.1) is 5.82 Å². The third-order valence-corrected chi connectivity index (χ3v) is 5.44. The van der Waals surface area contributed by atoms with Gasteiger partial charge in [-0.05, 0) is 31.7 Å². The van der Waals surface area contributed by atoms with Crippen LogP contribution in [0.2, 0.25) is 0 Å². The number of likely N-dealkylation sites (N-methyl/N-ethyl adjacent to an activating group) is 1. The van der Waals surface area contributed by atoms with Crippen molar-refractivity contribution in [1.29, 1.82) is 0 Å². The summed E-state index contributed by atoms with van der Waals surface area (Å²) in [6.07, 6.45) is 2.78. The number of fused-ring (bicyclic) bond motifs is 2. The summed E-state index contributed by atoms with van der Waals surface area (Å²) >= 11 is 0. The van der Waals surface area contributed by atoms with Crippen molar-refractivity contribution in [1.82, 2.24) is 20.4 Å². The van der Waals surface area contributed by atoms with Crippen molar-refractivity contribution in [2.45, 2.75) is 44.3 Å². The molecule has 3 rings (SSSR count). The minimum atomic E-state index is -0.379. The lowest BCUT2D eigenvalue weighted by Crippen LogP contribution is -2.49. The molecule has 3 aliphatic heterocycles. The van der Waals surface area contributed by atoms with E-state index in [-0.39, 0.29) is 30.5 Å². The molecule has 3 heterocycles. The maximum absolute atomic E-state index is 12.4. The van der Waals surface area contributed by atoms with E-state index in [0.717, 1.165) is 38.2 Å². The fourth-order valence-corrected chi connectivity index (χ4v) is 3.91. The maximum atomic E-state index is 12.4. The molecule has 0 aromatic heterocycles. The van der Waals surface area contributed by atoms with Crippen LogP contribution in [0.4, 0.5) is 0 Å². The van der Waals surface area contributed by atoms with E-state index in [2.05, 4.69) is 29.0 Å². The maximum Gasteiger partial charge on any atom is 0.325 e. The summed E-state index contributed by atoms with van der Waals surface area (Å²) in [4.78, 5) is 28.4. The predicted molar refractivity (Wildman–Crippen MR) is 90.0 cm³/mol. The van der Waals surface area contributed by atoms with Crippen LogP contribution in [0.1, 0.15) is 26.2 Å². The smallest absolute Gasteiger partial charge is 0.325 e. The first kappa shape index (κ1) is 17.1. The molecule has 0 spiro atoms. The number of nitrogens with one attached hydrogen (secondary N) is 2. The Labute approximate surface area is 143 Å². The van der Waals surface area contributed by atoms with Gasteiger partial charge in [-0.25, -0.2) is 0 Å². The normalized spacial score (nSPS) is 32.2. The molecule has 3 fully saturated rings. The van der Waals surface area contributed by atoms with Gasteiger partial charge in [0, 0.05) is 25.7 Å². The average molecular weight is 336 g/mol. The Bertz CT molecular complexity index is 524. The van der Waals surface area contributed by atoms with Crippen LogP contribution in [-0.2, 0) is 14.3 Å². The Balaban J connectivity index is 1.40. The highest BCUT2D eigenvalue weighted by Crippen LogP contribution is 2.32. The molecule has 0 unspecified atom stereocenters. The third-order valence-electron chi connectivity index (χ3n) is 5.44. The van der Waals surface area contributed by atoms with Crippen LogP contribution in [0.15, 0.2) is 12.4 Å². The van der Waals surface area contributed by atoms with Crippen molar-refractivity contribution in [2.75, 3.05) is 33.3 Å². The predicted octanol–water partition coefficient (Wildman–Crippen LogP) is -0.107. The molecule has 3 aliphatic rings. The summed E-state index contributed by atoms with van der Waals surface area (Å²) in [5, 5.41) is 6.04. The van der Waals surface area contributed by atoms with E-state index in [4.69, 9.17) is 4.74 Å². The molecular weight excluding hydrogens is 308 g/mol. The molecule has 0 aliphatic carbocycles. The quantitative estimate of drug-likeness (QED) is 0.683. The van der Waals surface area contributed by atoms with Crippen molar-refractivity contribution in [3.8, 4) is 0 Å². The number of nitrogens with zero attached hydrogens (tertiary/aromatic N) is 2. The monoisotopic (exact) mass is 336 g/mol. The second kappa shape index (κ2) is 7.01. The van der Waals surface area contributed by atoms with Crippen molar-refractivity contribution >= 4 is 11.9 Å². The van der Waals surface area contributed by atoms with E-state index in [9.17, 15) is 9.59 Å². The Morgan fingerprint density at radius 1 is 1.42 bits per heavy atom. The number of carbonyl (C=O) groups excluding carboxylic acids is 2. The fourth-order valence-electron chi connectivity index (χ4n) is 3.91. The van der Waals surface area contributed by atoms with Crippen LogP contribution in [0.3, 0.4) is 0 Å². The van der Waals surface area contributed by atoms with Gasteiger partial charge in [0.2, 0.25) is 5.91 Å². The van der Waals surface area contributed by atoms with Crippen LogP contribution in [0, 0.1) is 5.92 Å². The van der Waals surface area contributed by atoms with E-state index in [0.29, 0.717) is 18.6 Å². The largest absolute Gasteiger partial charge is 0.463 e. The molecule has 3 saturated heterocycles. The summed E-state index contributed by atoms with van der Waals surface area (Å²) in [6.45, 7) is 8.34. The summed E-state index contributed by atoms with van der Waals surface area (Å²) < 4.78 is 5.26. The van der Waals surface area contributed by atoms with Gasteiger partial charge in [-0.2, -0.15) is 0 Å². The zero-order chi connectivity index (χ0) is 17.3. The van der Waals surface area contributed by atoms with Crippen molar-refractivity contribution in [3.63, 3.8) is 0 Å². The van der Waals surface area contributed by atoms with Crippen LogP contribution in [0.5, 0.6) is 0 Å². The second-order valence-electron chi connectivity index (χ2n) is 7.27. The summed E-state index contributed by atoms with van der Waals surface area (Å²) in [5.74, 6) is 1.02. The van der Waals surface area contributed by atoms with E-state index in [1.807, 2.05) is 11.9 Å².